The van der Waals surface area contributed by atoms with E-state index in [0.29, 0.717) is 11.5 Å². The molecule has 4 nitrogen and oxygen atoms in total. The minimum absolute atomic E-state index is 0.152. The third kappa shape index (κ3) is 4.50. The summed E-state index contributed by atoms with van der Waals surface area (Å²) in [4.78, 5) is 26.2. The van der Waals surface area contributed by atoms with Crippen molar-refractivity contribution in [3.63, 3.8) is 0 Å². The predicted molar refractivity (Wildman–Crippen MR) is 136 cm³/mol. The molecule has 0 amide bonds. The number of methoxy groups -OCH3 is 2. The zero-order chi connectivity index (χ0) is 24.4. The summed E-state index contributed by atoms with van der Waals surface area (Å²) in [7, 11) is 3.05. The van der Waals surface area contributed by atoms with Crippen LogP contribution in [0.2, 0.25) is 0 Å². The van der Waals surface area contributed by atoms with Crippen molar-refractivity contribution in [2.24, 2.45) is 11.3 Å². The van der Waals surface area contributed by atoms with E-state index in [1.807, 2.05) is 36.4 Å². The van der Waals surface area contributed by atoms with Gasteiger partial charge in [-0.3, -0.25) is 4.79 Å². The fourth-order valence-corrected chi connectivity index (χ4v) is 6.31. The van der Waals surface area contributed by atoms with Gasteiger partial charge in [0.2, 0.25) is 0 Å². The minimum Gasteiger partial charge on any atom is -0.497 e. The Morgan fingerprint density at radius 3 is 2.31 bits per heavy atom. The van der Waals surface area contributed by atoms with Crippen molar-refractivity contribution in [2.45, 2.75) is 44.4 Å². The van der Waals surface area contributed by atoms with Gasteiger partial charge >= 0.3 is 5.97 Å². The molecule has 0 aliphatic heterocycles. The monoisotopic (exact) mass is 468 g/mol. The Kier molecular flexibility index (Phi) is 6.46. The van der Waals surface area contributed by atoms with Crippen LogP contribution in [0.25, 0.3) is 0 Å². The topological polar surface area (TPSA) is 52.6 Å². The number of hydrogen-bond acceptors (Lipinski definition) is 4. The minimum atomic E-state index is -0.363. The molecule has 1 spiro atoms. The van der Waals surface area contributed by atoms with Gasteiger partial charge in [0.15, 0.2) is 5.78 Å². The second kappa shape index (κ2) is 9.69. The second-order valence-corrected chi connectivity index (χ2v) is 10.1. The summed E-state index contributed by atoms with van der Waals surface area (Å²) in [5, 5.41) is 0. The first kappa shape index (κ1) is 23.3. The third-order valence-corrected chi connectivity index (χ3v) is 8.13. The lowest BCUT2D eigenvalue weighted by molar-refractivity contribution is 0.0595. The van der Waals surface area contributed by atoms with Gasteiger partial charge in [-0.25, -0.2) is 4.79 Å². The van der Waals surface area contributed by atoms with Crippen LogP contribution < -0.4 is 4.74 Å². The van der Waals surface area contributed by atoms with Crippen molar-refractivity contribution >= 4 is 11.8 Å². The Morgan fingerprint density at radius 2 is 1.66 bits per heavy atom. The van der Waals surface area contributed by atoms with Gasteiger partial charge in [0.05, 0.1) is 25.7 Å². The zero-order valence-corrected chi connectivity index (χ0v) is 20.5. The number of rotatable bonds is 5. The Morgan fingerprint density at radius 1 is 0.943 bits per heavy atom. The number of carbonyl (C=O) groups excluding carboxylic acids is 2. The molecule has 0 saturated heterocycles. The molecule has 0 bridgehead atoms. The molecule has 4 heteroatoms. The normalized spacial score (nSPS) is 23.5. The number of hydrogen-bond donors (Lipinski definition) is 0. The summed E-state index contributed by atoms with van der Waals surface area (Å²) in [5.41, 5.74) is 4.50. The van der Waals surface area contributed by atoms with Crippen molar-refractivity contribution in [3.8, 4) is 5.75 Å². The summed E-state index contributed by atoms with van der Waals surface area (Å²) >= 11 is 0. The average Bonchev–Trinajstić information content (AvgIpc) is 2.90. The maximum Gasteiger partial charge on any atom is 0.337 e. The van der Waals surface area contributed by atoms with E-state index in [-0.39, 0.29) is 23.1 Å². The van der Waals surface area contributed by atoms with E-state index >= 15 is 0 Å². The van der Waals surface area contributed by atoms with Crippen LogP contribution in [0.15, 0.2) is 72.8 Å². The maximum atomic E-state index is 14.0. The van der Waals surface area contributed by atoms with E-state index < -0.39 is 0 Å². The summed E-state index contributed by atoms with van der Waals surface area (Å²) in [5.74, 6) is 1.02. The quantitative estimate of drug-likeness (QED) is 0.405. The van der Waals surface area contributed by atoms with Gasteiger partial charge in [-0.15, -0.1) is 0 Å². The molecule has 3 aromatic rings. The van der Waals surface area contributed by atoms with Gasteiger partial charge in [0.25, 0.3) is 0 Å². The highest BCUT2D eigenvalue weighted by atomic mass is 16.5. The van der Waals surface area contributed by atoms with Gasteiger partial charge < -0.3 is 9.47 Å². The highest BCUT2D eigenvalue weighted by molar-refractivity contribution is 6.05. The molecule has 2 aliphatic rings. The van der Waals surface area contributed by atoms with Crippen LogP contribution >= 0.6 is 0 Å². The number of esters is 1. The summed E-state index contributed by atoms with van der Waals surface area (Å²) in [6.07, 6.45) is 6.07. The van der Waals surface area contributed by atoms with Crippen LogP contribution in [0.5, 0.6) is 5.75 Å². The van der Waals surface area contributed by atoms with Gasteiger partial charge in [-0.1, -0.05) is 48.5 Å². The van der Waals surface area contributed by atoms with E-state index in [1.54, 1.807) is 13.2 Å². The Labute approximate surface area is 207 Å². The zero-order valence-electron chi connectivity index (χ0n) is 20.5. The molecule has 5 rings (SSSR count). The lowest BCUT2D eigenvalue weighted by Gasteiger charge is -2.48. The van der Waals surface area contributed by atoms with Crippen LogP contribution in [-0.2, 0) is 17.6 Å². The van der Waals surface area contributed by atoms with Crippen molar-refractivity contribution < 1.29 is 19.1 Å². The average molecular weight is 469 g/mol. The Balaban J connectivity index is 1.49. The van der Waals surface area contributed by atoms with E-state index in [1.165, 1.54) is 12.7 Å². The van der Waals surface area contributed by atoms with Crippen LogP contribution in [0.3, 0.4) is 0 Å². The summed E-state index contributed by atoms with van der Waals surface area (Å²) in [6, 6.07) is 24.1. The van der Waals surface area contributed by atoms with E-state index in [4.69, 9.17) is 9.47 Å². The van der Waals surface area contributed by atoms with E-state index in [0.717, 1.165) is 61.0 Å². The molecule has 1 saturated carbocycles. The highest BCUT2D eigenvalue weighted by Gasteiger charge is 2.49. The molecule has 35 heavy (non-hydrogen) atoms. The number of benzene rings is 3. The Hall–Kier alpha value is -3.40. The summed E-state index contributed by atoms with van der Waals surface area (Å²) in [6.45, 7) is 0. The van der Waals surface area contributed by atoms with Gasteiger partial charge in [-0.05, 0) is 90.8 Å². The molecular formula is C31H32O4. The lowest BCUT2D eigenvalue weighted by atomic mass is 9.54. The number of fused-ring (bicyclic) bond motifs is 1. The molecule has 180 valence electrons. The molecule has 0 aromatic heterocycles. The molecule has 3 aromatic carbocycles. The molecular weight excluding hydrogens is 436 g/mol. The van der Waals surface area contributed by atoms with E-state index in [9.17, 15) is 9.59 Å². The standard InChI is InChI=1S/C31H32O4/c1-34-26-11-8-23(9-12-26)28-29(32)27-13-10-24(30(33)35-2)19-25(27)20-31(28)16-14-22(15-17-31)18-21-6-4-3-5-7-21/h3-13,19,22,28H,14-18,20H2,1-2H3. The number of ether oxygens (including phenoxy) is 2. The van der Waals surface area contributed by atoms with Crippen LogP contribution in [0, 0.1) is 11.3 Å². The summed E-state index contributed by atoms with van der Waals surface area (Å²) < 4.78 is 10.3. The SMILES string of the molecule is COC(=O)c1ccc2c(c1)CC1(CCC(Cc3ccccc3)CC1)C(c1ccc(OC)cc1)C2=O. The van der Waals surface area contributed by atoms with Crippen LogP contribution in [-0.4, -0.2) is 26.0 Å². The largest absolute Gasteiger partial charge is 0.497 e. The van der Waals surface area contributed by atoms with Gasteiger partial charge in [0, 0.05) is 5.56 Å². The van der Waals surface area contributed by atoms with E-state index in [2.05, 4.69) is 30.3 Å². The maximum absolute atomic E-state index is 14.0. The molecule has 0 N–H and O–H groups in total. The first-order valence-electron chi connectivity index (χ1n) is 12.5. The first-order valence-corrected chi connectivity index (χ1v) is 12.5. The number of carbonyl (C=O) groups is 2. The fourth-order valence-electron chi connectivity index (χ4n) is 6.31. The van der Waals surface area contributed by atoms with Gasteiger partial charge in [0.1, 0.15) is 5.75 Å². The Bertz CT molecular complexity index is 1200. The first-order chi connectivity index (χ1) is 17.0. The van der Waals surface area contributed by atoms with Crippen molar-refractivity contribution in [2.75, 3.05) is 14.2 Å². The van der Waals surface area contributed by atoms with Crippen molar-refractivity contribution in [1.29, 1.82) is 0 Å². The third-order valence-electron chi connectivity index (χ3n) is 8.13. The molecule has 0 heterocycles. The lowest BCUT2D eigenvalue weighted by Crippen LogP contribution is -2.43. The molecule has 1 atom stereocenters. The number of ketones is 1. The predicted octanol–water partition coefficient (Wildman–Crippen LogP) is 6.42. The van der Waals surface area contributed by atoms with Crippen LogP contribution in [0.1, 0.15) is 69.0 Å². The van der Waals surface area contributed by atoms with Crippen molar-refractivity contribution in [3.05, 3.63) is 101 Å². The second-order valence-electron chi connectivity index (χ2n) is 10.1. The van der Waals surface area contributed by atoms with Gasteiger partial charge in [-0.2, -0.15) is 0 Å². The van der Waals surface area contributed by atoms with Crippen molar-refractivity contribution in [1.82, 2.24) is 0 Å². The van der Waals surface area contributed by atoms with Crippen LogP contribution in [0.4, 0.5) is 0 Å². The smallest absolute Gasteiger partial charge is 0.337 e. The highest BCUT2D eigenvalue weighted by Crippen LogP contribution is 2.55. The molecule has 1 unspecified atom stereocenters. The molecule has 2 aliphatic carbocycles. The molecule has 0 radical (unpaired) electrons. The fraction of sp³-hybridized carbons (Fsp3) is 0.355. The molecule has 1 fully saturated rings. The number of Topliss-reactive ketones (excluding diaryl/α,β-unsaturated/α-hetero) is 1.